The highest BCUT2D eigenvalue weighted by atomic mass is 32.2. The second-order valence-corrected chi connectivity index (χ2v) is 8.04. The van der Waals surface area contributed by atoms with Crippen molar-refractivity contribution in [2.24, 2.45) is 0 Å². The fourth-order valence-electron chi connectivity index (χ4n) is 2.50. The molecular weight excluding hydrogens is 272 g/mol. The van der Waals surface area contributed by atoms with Crippen LogP contribution in [0.1, 0.15) is 31.9 Å². The second kappa shape index (κ2) is 6.24. The fourth-order valence-corrected chi connectivity index (χ4v) is 3.68. The minimum atomic E-state index is -3.27. The average Bonchev–Trinajstić information content (AvgIpc) is 2.76. The van der Waals surface area contributed by atoms with E-state index in [-0.39, 0.29) is 6.04 Å². The molecule has 0 aromatic heterocycles. The van der Waals surface area contributed by atoms with E-state index in [0.717, 1.165) is 12.8 Å². The van der Waals surface area contributed by atoms with E-state index in [0.29, 0.717) is 12.6 Å². The van der Waals surface area contributed by atoms with E-state index in [1.54, 1.807) is 6.92 Å². The van der Waals surface area contributed by atoms with Gasteiger partial charge in [0, 0.05) is 18.6 Å². The zero-order chi connectivity index (χ0) is 14.8. The zero-order valence-corrected chi connectivity index (χ0v) is 13.2. The van der Waals surface area contributed by atoms with Crippen LogP contribution in [0, 0.1) is 0 Å². The molecule has 0 heterocycles. The maximum Gasteiger partial charge on any atom is 0.215 e. The summed E-state index contributed by atoms with van der Waals surface area (Å²) in [6.07, 6.45) is 1.58. The number of hydrogen-bond donors (Lipinski definition) is 2. The van der Waals surface area contributed by atoms with Crippen LogP contribution in [0.5, 0.6) is 0 Å². The number of rotatable bonds is 6. The number of hydrogen-bond acceptors (Lipinski definition) is 3. The molecule has 4 nitrogen and oxygen atoms in total. The van der Waals surface area contributed by atoms with Crippen molar-refractivity contribution in [3.8, 4) is 0 Å². The lowest BCUT2D eigenvalue weighted by atomic mass is 10.1. The quantitative estimate of drug-likeness (QED) is 0.835. The highest BCUT2D eigenvalue weighted by molar-refractivity contribution is 7.90. The standard InChI is InChI=1S/C15H24N2O2S/c1-11(2)16-10-12(3)20(18,19)17-15-8-13-6-4-5-7-14(13)9-15/h4-7,11-12,15-17H,8-10H2,1-3H3. The number of benzene rings is 1. The van der Waals surface area contributed by atoms with Crippen LogP contribution in [-0.2, 0) is 22.9 Å². The predicted molar refractivity (Wildman–Crippen MR) is 82.3 cm³/mol. The smallest absolute Gasteiger partial charge is 0.215 e. The Hall–Kier alpha value is -0.910. The van der Waals surface area contributed by atoms with Gasteiger partial charge in [0.2, 0.25) is 10.0 Å². The van der Waals surface area contributed by atoms with Crippen molar-refractivity contribution >= 4 is 10.0 Å². The van der Waals surface area contributed by atoms with Crippen LogP contribution in [0.15, 0.2) is 24.3 Å². The lowest BCUT2D eigenvalue weighted by Gasteiger charge is -2.19. The molecule has 1 aliphatic carbocycles. The number of nitrogens with one attached hydrogen (secondary N) is 2. The molecule has 1 unspecified atom stereocenters. The molecule has 112 valence electrons. The molecule has 0 radical (unpaired) electrons. The van der Waals surface area contributed by atoms with Crippen molar-refractivity contribution in [2.75, 3.05) is 6.54 Å². The monoisotopic (exact) mass is 296 g/mol. The minimum absolute atomic E-state index is 0.00102. The van der Waals surface area contributed by atoms with Gasteiger partial charge in [-0.3, -0.25) is 0 Å². The molecule has 1 aromatic carbocycles. The SMILES string of the molecule is CC(C)NCC(C)S(=O)(=O)NC1Cc2ccccc2C1. The van der Waals surface area contributed by atoms with E-state index in [4.69, 9.17) is 0 Å². The first-order valence-corrected chi connectivity index (χ1v) is 8.74. The van der Waals surface area contributed by atoms with Gasteiger partial charge in [0.1, 0.15) is 0 Å². The highest BCUT2D eigenvalue weighted by Crippen LogP contribution is 2.22. The van der Waals surface area contributed by atoms with Crippen molar-refractivity contribution in [1.82, 2.24) is 10.0 Å². The van der Waals surface area contributed by atoms with Crippen LogP contribution in [-0.4, -0.2) is 32.3 Å². The van der Waals surface area contributed by atoms with Crippen LogP contribution in [0.3, 0.4) is 0 Å². The summed E-state index contributed by atoms with van der Waals surface area (Å²) in [6.45, 7) is 6.26. The summed E-state index contributed by atoms with van der Waals surface area (Å²) in [5.74, 6) is 0. The summed E-state index contributed by atoms with van der Waals surface area (Å²) in [4.78, 5) is 0. The van der Waals surface area contributed by atoms with Gasteiger partial charge in [0.15, 0.2) is 0 Å². The van der Waals surface area contributed by atoms with Gasteiger partial charge in [0.25, 0.3) is 0 Å². The zero-order valence-electron chi connectivity index (χ0n) is 12.4. The van der Waals surface area contributed by atoms with Crippen molar-refractivity contribution in [3.63, 3.8) is 0 Å². The summed E-state index contributed by atoms with van der Waals surface area (Å²) >= 11 is 0. The molecule has 0 fully saturated rings. The molecular formula is C15H24N2O2S. The third kappa shape index (κ3) is 3.81. The normalized spacial score (nSPS) is 17.4. The Morgan fingerprint density at radius 2 is 1.70 bits per heavy atom. The van der Waals surface area contributed by atoms with Gasteiger partial charge in [-0.25, -0.2) is 13.1 Å². The average molecular weight is 296 g/mol. The molecule has 2 rings (SSSR count). The summed E-state index contributed by atoms with van der Waals surface area (Å²) in [5, 5.41) is 2.75. The lowest BCUT2D eigenvalue weighted by Crippen LogP contribution is -2.45. The second-order valence-electron chi connectivity index (χ2n) is 5.91. The number of sulfonamides is 1. The van der Waals surface area contributed by atoms with E-state index in [2.05, 4.69) is 22.2 Å². The summed E-state index contributed by atoms with van der Waals surface area (Å²) in [6, 6.07) is 8.46. The molecule has 0 amide bonds. The summed E-state index contributed by atoms with van der Waals surface area (Å²) in [5.41, 5.74) is 2.52. The van der Waals surface area contributed by atoms with Crippen LogP contribution >= 0.6 is 0 Å². The Labute approximate surface area is 122 Å². The van der Waals surface area contributed by atoms with E-state index in [1.807, 2.05) is 26.0 Å². The van der Waals surface area contributed by atoms with Gasteiger partial charge < -0.3 is 5.32 Å². The predicted octanol–water partition coefficient (Wildman–Crippen LogP) is 1.46. The molecule has 0 spiro atoms. The topological polar surface area (TPSA) is 58.2 Å². The largest absolute Gasteiger partial charge is 0.313 e. The van der Waals surface area contributed by atoms with Crippen molar-refractivity contribution in [3.05, 3.63) is 35.4 Å². The lowest BCUT2D eigenvalue weighted by molar-refractivity contribution is 0.525. The Bertz CT molecular complexity index is 530. The van der Waals surface area contributed by atoms with Crippen molar-refractivity contribution in [1.29, 1.82) is 0 Å². The van der Waals surface area contributed by atoms with E-state index in [1.165, 1.54) is 11.1 Å². The van der Waals surface area contributed by atoms with Crippen LogP contribution in [0.4, 0.5) is 0 Å². The van der Waals surface area contributed by atoms with E-state index >= 15 is 0 Å². The first-order valence-electron chi connectivity index (χ1n) is 7.20. The van der Waals surface area contributed by atoms with Gasteiger partial charge in [-0.05, 0) is 30.9 Å². The van der Waals surface area contributed by atoms with E-state index in [9.17, 15) is 8.42 Å². The fraction of sp³-hybridized carbons (Fsp3) is 0.600. The first-order chi connectivity index (χ1) is 9.38. The maximum atomic E-state index is 12.3. The maximum absolute atomic E-state index is 12.3. The van der Waals surface area contributed by atoms with E-state index < -0.39 is 15.3 Å². The molecule has 1 aliphatic rings. The Morgan fingerprint density at radius 3 is 2.20 bits per heavy atom. The van der Waals surface area contributed by atoms with Gasteiger partial charge in [-0.1, -0.05) is 38.1 Å². The van der Waals surface area contributed by atoms with Crippen molar-refractivity contribution in [2.45, 2.75) is 50.9 Å². The first kappa shape index (κ1) is 15.5. The molecule has 0 aliphatic heterocycles. The van der Waals surface area contributed by atoms with Gasteiger partial charge >= 0.3 is 0 Å². The molecule has 0 saturated heterocycles. The molecule has 1 atom stereocenters. The van der Waals surface area contributed by atoms with Crippen LogP contribution in [0.2, 0.25) is 0 Å². The van der Waals surface area contributed by atoms with Gasteiger partial charge in [-0.2, -0.15) is 0 Å². The third-order valence-electron chi connectivity index (χ3n) is 3.73. The Kier molecular flexibility index (Phi) is 4.83. The highest BCUT2D eigenvalue weighted by Gasteiger charge is 2.28. The summed E-state index contributed by atoms with van der Waals surface area (Å²) in [7, 11) is -3.27. The van der Waals surface area contributed by atoms with Crippen molar-refractivity contribution < 1.29 is 8.42 Å². The number of fused-ring (bicyclic) bond motifs is 1. The Morgan fingerprint density at radius 1 is 1.15 bits per heavy atom. The minimum Gasteiger partial charge on any atom is -0.313 e. The molecule has 0 bridgehead atoms. The van der Waals surface area contributed by atoms with Crippen LogP contribution < -0.4 is 10.0 Å². The van der Waals surface area contributed by atoms with Crippen LogP contribution in [0.25, 0.3) is 0 Å². The molecule has 2 N–H and O–H groups in total. The molecule has 5 heteroatoms. The summed E-state index contributed by atoms with van der Waals surface area (Å²) < 4.78 is 27.5. The molecule has 20 heavy (non-hydrogen) atoms. The van der Waals surface area contributed by atoms with Gasteiger partial charge in [-0.15, -0.1) is 0 Å². The van der Waals surface area contributed by atoms with Gasteiger partial charge in [0.05, 0.1) is 5.25 Å². The third-order valence-corrected chi connectivity index (χ3v) is 5.61. The molecule has 0 saturated carbocycles. The molecule has 1 aromatic rings. The Balaban J connectivity index is 1.93.